The summed E-state index contributed by atoms with van der Waals surface area (Å²) in [5.74, 6) is 0.321. The van der Waals surface area contributed by atoms with Crippen LogP contribution in [0.5, 0.6) is 11.5 Å². The van der Waals surface area contributed by atoms with Gasteiger partial charge in [0, 0.05) is 11.6 Å². The second-order valence-corrected chi connectivity index (χ2v) is 3.78. The average Bonchev–Trinajstić information content (AvgIpc) is 2.45. The van der Waals surface area contributed by atoms with Crippen LogP contribution >= 0.6 is 0 Å². The number of rotatable bonds is 3. The Morgan fingerprint density at radius 3 is 2.16 bits per heavy atom. The SMILES string of the molecule is COC(=O)c1c[nH]c(=O)c2cc(OC)c(OC)cc12. The van der Waals surface area contributed by atoms with Crippen LogP contribution in [-0.2, 0) is 4.74 Å². The minimum atomic E-state index is -0.534. The number of fused-ring (bicyclic) bond motifs is 1. The lowest BCUT2D eigenvalue weighted by molar-refractivity contribution is 0.0602. The lowest BCUT2D eigenvalue weighted by Crippen LogP contribution is -2.11. The Balaban J connectivity index is 2.85. The highest BCUT2D eigenvalue weighted by atomic mass is 16.5. The van der Waals surface area contributed by atoms with Crippen molar-refractivity contribution in [3.8, 4) is 11.5 Å². The lowest BCUT2D eigenvalue weighted by Gasteiger charge is -2.10. The van der Waals surface area contributed by atoms with Crippen LogP contribution in [0.4, 0.5) is 0 Å². The molecule has 0 spiro atoms. The van der Waals surface area contributed by atoms with E-state index in [2.05, 4.69) is 9.72 Å². The molecule has 0 saturated heterocycles. The number of aromatic amines is 1. The van der Waals surface area contributed by atoms with Gasteiger partial charge in [-0.15, -0.1) is 0 Å². The smallest absolute Gasteiger partial charge is 0.339 e. The van der Waals surface area contributed by atoms with Crippen molar-refractivity contribution in [2.45, 2.75) is 0 Å². The quantitative estimate of drug-likeness (QED) is 0.845. The van der Waals surface area contributed by atoms with E-state index in [1.165, 1.54) is 33.6 Å². The summed E-state index contributed by atoms with van der Waals surface area (Å²) in [5.41, 5.74) is -0.0540. The monoisotopic (exact) mass is 263 g/mol. The number of methoxy groups -OCH3 is 3. The first-order chi connectivity index (χ1) is 9.12. The highest BCUT2D eigenvalue weighted by Crippen LogP contribution is 2.32. The zero-order valence-electron chi connectivity index (χ0n) is 10.8. The maximum Gasteiger partial charge on any atom is 0.339 e. The van der Waals surface area contributed by atoms with Crippen molar-refractivity contribution in [1.82, 2.24) is 4.98 Å². The van der Waals surface area contributed by atoms with Gasteiger partial charge in [0.15, 0.2) is 11.5 Å². The van der Waals surface area contributed by atoms with E-state index in [0.29, 0.717) is 22.3 Å². The van der Waals surface area contributed by atoms with Crippen molar-refractivity contribution < 1.29 is 19.0 Å². The molecule has 0 bridgehead atoms. The molecule has 2 aromatic rings. The van der Waals surface area contributed by atoms with Crippen molar-refractivity contribution in [2.24, 2.45) is 0 Å². The molecule has 0 atom stereocenters. The highest BCUT2D eigenvalue weighted by Gasteiger charge is 2.16. The predicted octanol–water partition coefficient (Wildman–Crippen LogP) is 1.33. The number of hydrogen-bond donors (Lipinski definition) is 1. The van der Waals surface area contributed by atoms with E-state index in [1.54, 1.807) is 6.07 Å². The maximum absolute atomic E-state index is 11.8. The van der Waals surface area contributed by atoms with E-state index in [1.807, 2.05) is 0 Å². The Morgan fingerprint density at radius 1 is 1.05 bits per heavy atom. The van der Waals surface area contributed by atoms with Gasteiger partial charge in [0.2, 0.25) is 0 Å². The van der Waals surface area contributed by atoms with Gasteiger partial charge in [-0.2, -0.15) is 0 Å². The number of H-pyrrole nitrogens is 1. The van der Waals surface area contributed by atoms with Gasteiger partial charge in [-0.25, -0.2) is 4.79 Å². The molecule has 1 aromatic heterocycles. The van der Waals surface area contributed by atoms with Gasteiger partial charge >= 0.3 is 5.97 Å². The number of hydrogen-bond acceptors (Lipinski definition) is 5. The summed E-state index contributed by atoms with van der Waals surface area (Å²) in [6.45, 7) is 0. The molecule has 0 amide bonds. The van der Waals surface area contributed by atoms with E-state index in [-0.39, 0.29) is 11.1 Å². The standard InChI is InChI=1S/C13H13NO5/c1-17-10-4-7-8(5-11(10)18-2)12(15)14-6-9(7)13(16)19-3/h4-6H,1-3H3,(H,14,15). The van der Waals surface area contributed by atoms with Crippen molar-refractivity contribution in [1.29, 1.82) is 0 Å². The van der Waals surface area contributed by atoms with Crippen LogP contribution in [-0.4, -0.2) is 32.3 Å². The molecule has 6 heteroatoms. The Morgan fingerprint density at radius 2 is 1.63 bits per heavy atom. The lowest BCUT2D eigenvalue weighted by atomic mass is 10.1. The molecule has 0 aliphatic heterocycles. The van der Waals surface area contributed by atoms with Gasteiger partial charge in [-0.3, -0.25) is 4.79 Å². The molecule has 2 rings (SSSR count). The fourth-order valence-corrected chi connectivity index (χ4v) is 1.86. The summed E-state index contributed by atoms with van der Waals surface area (Å²) < 4.78 is 15.0. The van der Waals surface area contributed by atoms with Crippen LogP contribution in [0.2, 0.25) is 0 Å². The first kappa shape index (κ1) is 12.9. The van der Waals surface area contributed by atoms with Gasteiger partial charge in [-0.1, -0.05) is 0 Å². The fraction of sp³-hybridized carbons (Fsp3) is 0.231. The van der Waals surface area contributed by atoms with Crippen molar-refractivity contribution >= 4 is 16.7 Å². The first-order valence-corrected chi connectivity index (χ1v) is 5.48. The largest absolute Gasteiger partial charge is 0.493 e. The van der Waals surface area contributed by atoms with Crippen LogP contribution in [0.15, 0.2) is 23.1 Å². The summed E-state index contributed by atoms with van der Waals surface area (Å²) in [5, 5.41) is 0.786. The van der Waals surface area contributed by atoms with Gasteiger partial charge < -0.3 is 19.2 Å². The van der Waals surface area contributed by atoms with E-state index in [4.69, 9.17) is 9.47 Å². The molecule has 1 heterocycles. The highest BCUT2D eigenvalue weighted by molar-refractivity contribution is 6.04. The maximum atomic E-state index is 11.8. The first-order valence-electron chi connectivity index (χ1n) is 5.48. The number of nitrogens with one attached hydrogen (secondary N) is 1. The average molecular weight is 263 g/mol. The fourth-order valence-electron chi connectivity index (χ4n) is 1.86. The zero-order valence-corrected chi connectivity index (χ0v) is 10.8. The van der Waals surface area contributed by atoms with Gasteiger partial charge in [0.1, 0.15) is 0 Å². The van der Waals surface area contributed by atoms with Crippen molar-refractivity contribution in [3.05, 3.63) is 34.2 Å². The minimum Gasteiger partial charge on any atom is -0.493 e. The molecule has 0 fully saturated rings. The summed E-state index contributed by atoms with van der Waals surface area (Å²) in [4.78, 5) is 26.0. The number of esters is 1. The predicted molar refractivity (Wildman–Crippen MR) is 69.0 cm³/mol. The van der Waals surface area contributed by atoms with Crippen LogP contribution < -0.4 is 15.0 Å². The summed E-state index contributed by atoms with van der Waals surface area (Å²) in [6, 6.07) is 3.11. The molecule has 0 radical (unpaired) electrons. The van der Waals surface area contributed by atoms with Crippen LogP contribution in [0.3, 0.4) is 0 Å². The molecule has 0 unspecified atom stereocenters. The molecule has 1 aromatic carbocycles. The summed E-state index contributed by atoms with van der Waals surface area (Å²) in [6.07, 6.45) is 1.32. The number of benzene rings is 1. The Bertz CT molecular complexity index is 689. The van der Waals surface area contributed by atoms with Crippen molar-refractivity contribution in [3.63, 3.8) is 0 Å². The molecule has 0 aliphatic carbocycles. The molecule has 19 heavy (non-hydrogen) atoms. The molecule has 6 nitrogen and oxygen atoms in total. The second-order valence-electron chi connectivity index (χ2n) is 3.78. The summed E-state index contributed by atoms with van der Waals surface area (Å²) >= 11 is 0. The van der Waals surface area contributed by atoms with E-state index >= 15 is 0 Å². The third kappa shape index (κ3) is 2.12. The number of aromatic nitrogens is 1. The molecular weight excluding hydrogens is 250 g/mol. The number of carbonyl (C=O) groups is 1. The van der Waals surface area contributed by atoms with Gasteiger partial charge in [0.05, 0.1) is 32.3 Å². The summed E-state index contributed by atoms with van der Waals surface area (Å²) in [7, 11) is 4.23. The van der Waals surface area contributed by atoms with E-state index < -0.39 is 5.97 Å². The molecular formula is C13H13NO5. The Labute approximate surface area is 108 Å². The van der Waals surface area contributed by atoms with Crippen molar-refractivity contribution in [2.75, 3.05) is 21.3 Å². The van der Waals surface area contributed by atoms with Crippen LogP contribution in [0.1, 0.15) is 10.4 Å². The van der Waals surface area contributed by atoms with E-state index in [9.17, 15) is 9.59 Å². The van der Waals surface area contributed by atoms with Crippen LogP contribution in [0, 0.1) is 0 Å². The molecule has 1 N–H and O–H groups in total. The minimum absolute atomic E-state index is 0.262. The number of ether oxygens (including phenoxy) is 3. The molecule has 0 aliphatic rings. The Hall–Kier alpha value is -2.50. The molecule has 0 saturated carbocycles. The third-order valence-electron chi connectivity index (χ3n) is 2.81. The third-order valence-corrected chi connectivity index (χ3v) is 2.81. The number of pyridine rings is 1. The van der Waals surface area contributed by atoms with Crippen LogP contribution in [0.25, 0.3) is 10.8 Å². The van der Waals surface area contributed by atoms with E-state index in [0.717, 1.165) is 0 Å². The zero-order chi connectivity index (χ0) is 14.0. The number of carbonyl (C=O) groups excluding carboxylic acids is 1. The normalized spacial score (nSPS) is 10.3. The molecule has 100 valence electrons. The topological polar surface area (TPSA) is 77.6 Å². The van der Waals surface area contributed by atoms with Gasteiger partial charge in [0.25, 0.3) is 5.56 Å². The van der Waals surface area contributed by atoms with Gasteiger partial charge in [-0.05, 0) is 12.1 Å². The Kier molecular flexibility index (Phi) is 3.41. The second kappa shape index (κ2) is 5.01.